The third-order valence-corrected chi connectivity index (χ3v) is 5.32. The molecular formula is C21H24FN3O. The fraction of sp³-hybridized carbons (Fsp3) is 0.381. The lowest BCUT2D eigenvalue weighted by Gasteiger charge is -2.30. The molecule has 1 fully saturated rings. The highest BCUT2D eigenvalue weighted by Gasteiger charge is 2.22. The molecule has 4 rings (SSSR count). The Labute approximate surface area is 152 Å². The molecule has 0 amide bonds. The summed E-state index contributed by atoms with van der Waals surface area (Å²) in [7, 11) is 0. The van der Waals surface area contributed by atoms with Crippen LogP contribution in [0.2, 0.25) is 0 Å². The number of hydrogen-bond acceptors (Lipinski definition) is 3. The largest absolute Gasteiger partial charge is 0.490 e. The maximum absolute atomic E-state index is 13.0. The maximum Gasteiger partial charge on any atom is 0.123 e. The lowest BCUT2D eigenvalue weighted by molar-refractivity contribution is 0.138. The standard InChI is InChI=1S/C21H24FN3O/c1-14-19-13-24-25-20(19)10-11-21(14)26-18-8-6-17(7-9-18)23-12-15-2-4-16(22)5-3-15/h2-5,10-11,13,17-18,23H,6-9,12H2,1H3,(H,24,25). The first kappa shape index (κ1) is 17.0. The maximum atomic E-state index is 13.0. The number of aryl methyl sites for hydroxylation is 1. The van der Waals surface area contributed by atoms with Gasteiger partial charge in [-0.25, -0.2) is 4.39 Å². The van der Waals surface area contributed by atoms with Gasteiger partial charge in [-0.1, -0.05) is 12.1 Å². The van der Waals surface area contributed by atoms with Crippen molar-refractivity contribution in [1.82, 2.24) is 15.5 Å². The number of hydrogen-bond donors (Lipinski definition) is 2. The Bertz CT molecular complexity index is 867. The smallest absolute Gasteiger partial charge is 0.123 e. The van der Waals surface area contributed by atoms with Gasteiger partial charge in [0.25, 0.3) is 0 Å². The normalized spacial score (nSPS) is 20.4. The molecule has 26 heavy (non-hydrogen) atoms. The summed E-state index contributed by atoms with van der Waals surface area (Å²) < 4.78 is 19.2. The molecule has 0 radical (unpaired) electrons. The Balaban J connectivity index is 1.29. The van der Waals surface area contributed by atoms with E-state index in [-0.39, 0.29) is 11.9 Å². The van der Waals surface area contributed by atoms with Crippen LogP contribution >= 0.6 is 0 Å². The first-order chi connectivity index (χ1) is 12.7. The molecule has 1 aliphatic rings. The van der Waals surface area contributed by atoms with Crippen molar-refractivity contribution in [1.29, 1.82) is 0 Å². The van der Waals surface area contributed by atoms with Gasteiger partial charge in [-0.15, -0.1) is 0 Å². The van der Waals surface area contributed by atoms with Gasteiger partial charge in [-0.2, -0.15) is 5.10 Å². The van der Waals surface area contributed by atoms with Crippen LogP contribution in [0.5, 0.6) is 5.75 Å². The van der Waals surface area contributed by atoms with Crippen molar-refractivity contribution in [2.24, 2.45) is 0 Å². The summed E-state index contributed by atoms with van der Waals surface area (Å²) in [5.74, 6) is 0.775. The summed E-state index contributed by atoms with van der Waals surface area (Å²) in [5.41, 5.74) is 3.31. The Kier molecular flexibility index (Phi) is 4.89. The van der Waals surface area contributed by atoms with E-state index in [1.807, 2.05) is 30.5 Å². The first-order valence-electron chi connectivity index (χ1n) is 9.26. The fourth-order valence-electron chi connectivity index (χ4n) is 3.70. The number of fused-ring (bicyclic) bond motifs is 1. The molecule has 1 saturated carbocycles. The molecule has 0 saturated heterocycles. The summed E-state index contributed by atoms with van der Waals surface area (Å²) in [6.45, 7) is 2.87. The van der Waals surface area contributed by atoms with Gasteiger partial charge in [0.05, 0.1) is 17.8 Å². The second-order valence-corrected chi connectivity index (χ2v) is 7.12. The Morgan fingerprint density at radius 1 is 1.12 bits per heavy atom. The molecule has 5 heteroatoms. The minimum Gasteiger partial charge on any atom is -0.490 e. The van der Waals surface area contributed by atoms with Crippen LogP contribution in [0, 0.1) is 12.7 Å². The zero-order chi connectivity index (χ0) is 17.9. The number of nitrogens with zero attached hydrogens (tertiary/aromatic N) is 1. The van der Waals surface area contributed by atoms with Gasteiger partial charge in [-0.05, 0) is 62.4 Å². The van der Waals surface area contributed by atoms with Crippen LogP contribution in [0.1, 0.15) is 36.8 Å². The average molecular weight is 353 g/mol. The number of aromatic amines is 1. The van der Waals surface area contributed by atoms with Crippen LogP contribution in [-0.4, -0.2) is 22.3 Å². The van der Waals surface area contributed by atoms with Gasteiger partial charge in [0, 0.05) is 23.5 Å². The highest BCUT2D eigenvalue weighted by Crippen LogP contribution is 2.30. The molecule has 3 aromatic rings. The summed E-state index contributed by atoms with van der Waals surface area (Å²) in [6.07, 6.45) is 6.40. The van der Waals surface area contributed by atoms with E-state index in [9.17, 15) is 4.39 Å². The highest BCUT2D eigenvalue weighted by atomic mass is 19.1. The SMILES string of the molecule is Cc1c(OC2CCC(NCc3ccc(F)cc3)CC2)ccc2[nH]ncc12. The summed E-state index contributed by atoms with van der Waals surface area (Å²) >= 11 is 0. The molecule has 0 unspecified atom stereocenters. The van der Waals surface area contributed by atoms with Gasteiger partial charge < -0.3 is 10.1 Å². The van der Waals surface area contributed by atoms with Crippen molar-refractivity contribution in [2.75, 3.05) is 0 Å². The second kappa shape index (κ2) is 7.46. The molecule has 0 bridgehead atoms. The molecule has 0 spiro atoms. The van der Waals surface area contributed by atoms with E-state index in [0.29, 0.717) is 6.04 Å². The number of H-pyrrole nitrogens is 1. The van der Waals surface area contributed by atoms with E-state index in [1.54, 1.807) is 0 Å². The van der Waals surface area contributed by atoms with Crippen LogP contribution in [-0.2, 0) is 6.54 Å². The number of nitrogens with one attached hydrogen (secondary N) is 2. The Morgan fingerprint density at radius 2 is 1.88 bits per heavy atom. The first-order valence-corrected chi connectivity index (χ1v) is 9.26. The number of ether oxygens (including phenoxy) is 1. The molecule has 0 aliphatic heterocycles. The van der Waals surface area contributed by atoms with E-state index in [1.165, 1.54) is 12.1 Å². The van der Waals surface area contributed by atoms with Crippen LogP contribution in [0.4, 0.5) is 4.39 Å². The predicted octanol–water partition coefficient (Wildman–Crippen LogP) is 4.49. The summed E-state index contributed by atoms with van der Waals surface area (Å²) in [4.78, 5) is 0. The predicted molar refractivity (Wildman–Crippen MR) is 101 cm³/mol. The van der Waals surface area contributed by atoms with Crippen LogP contribution in [0.15, 0.2) is 42.6 Å². The summed E-state index contributed by atoms with van der Waals surface area (Å²) in [5, 5.41) is 11.8. The molecule has 1 aromatic heterocycles. The molecule has 1 aliphatic carbocycles. The van der Waals surface area contributed by atoms with Gasteiger partial charge in [0.2, 0.25) is 0 Å². The zero-order valence-electron chi connectivity index (χ0n) is 15.0. The monoisotopic (exact) mass is 353 g/mol. The van der Waals surface area contributed by atoms with E-state index in [4.69, 9.17) is 4.74 Å². The van der Waals surface area contributed by atoms with Crippen molar-refractivity contribution in [3.8, 4) is 5.75 Å². The van der Waals surface area contributed by atoms with E-state index >= 15 is 0 Å². The molecule has 2 aromatic carbocycles. The molecule has 2 N–H and O–H groups in total. The van der Waals surface area contributed by atoms with Crippen LogP contribution in [0.25, 0.3) is 10.9 Å². The molecule has 136 valence electrons. The van der Waals surface area contributed by atoms with E-state index in [0.717, 1.165) is 60.0 Å². The molecule has 1 heterocycles. The third kappa shape index (κ3) is 3.73. The van der Waals surface area contributed by atoms with Crippen LogP contribution < -0.4 is 10.1 Å². The van der Waals surface area contributed by atoms with Crippen molar-refractivity contribution in [3.63, 3.8) is 0 Å². The minimum absolute atomic E-state index is 0.185. The molecular weight excluding hydrogens is 329 g/mol. The van der Waals surface area contributed by atoms with Gasteiger partial charge in [-0.3, -0.25) is 5.10 Å². The van der Waals surface area contributed by atoms with Crippen molar-refractivity contribution in [3.05, 3.63) is 59.5 Å². The number of halogens is 1. The lowest BCUT2D eigenvalue weighted by atomic mass is 9.92. The van der Waals surface area contributed by atoms with Gasteiger partial charge >= 0.3 is 0 Å². The fourth-order valence-corrected chi connectivity index (χ4v) is 3.70. The lowest BCUT2D eigenvalue weighted by Crippen LogP contribution is -2.36. The number of aromatic nitrogens is 2. The van der Waals surface area contributed by atoms with Gasteiger partial charge in [0.15, 0.2) is 0 Å². The van der Waals surface area contributed by atoms with Crippen molar-refractivity contribution < 1.29 is 9.13 Å². The number of benzene rings is 2. The average Bonchev–Trinajstić information content (AvgIpc) is 3.14. The summed E-state index contributed by atoms with van der Waals surface area (Å²) in [6, 6.07) is 11.3. The van der Waals surface area contributed by atoms with Crippen LogP contribution in [0.3, 0.4) is 0 Å². The Hall–Kier alpha value is -2.40. The Morgan fingerprint density at radius 3 is 2.65 bits per heavy atom. The number of rotatable bonds is 5. The minimum atomic E-state index is -0.185. The second-order valence-electron chi connectivity index (χ2n) is 7.12. The zero-order valence-corrected chi connectivity index (χ0v) is 15.0. The molecule has 4 nitrogen and oxygen atoms in total. The molecule has 0 atom stereocenters. The van der Waals surface area contributed by atoms with E-state index in [2.05, 4.69) is 22.4 Å². The van der Waals surface area contributed by atoms with Crippen molar-refractivity contribution >= 4 is 10.9 Å². The van der Waals surface area contributed by atoms with Crippen molar-refractivity contribution in [2.45, 2.75) is 51.3 Å². The van der Waals surface area contributed by atoms with E-state index < -0.39 is 0 Å². The quantitative estimate of drug-likeness (QED) is 0.710. The highest BCUT2D eigenvalue weighted by molar-refractivity contribution is 5.83. The van der Waals surface area contributed by atoms with Gasteiger partial charge in [0.1, 0.15) is 11.6 Å². The topological polar surface area (TPSA) is 49.9 Å². The third-order valence-electron chi connectivity index (χ3n) is 5.32.